The maximum absolute atomic E-state index is 14.9. The third kappa shape index (κ3) is 14.7. The van der Waals surface area contributed by atoms with Crippen molar-refractivity contribution in [2.75, 3.05) is 13.1 Å². The van der Waals surface area contributed by atoms with Crippen LogP contribution in [0, 0.1) is 17.8 Å². The summed E-state index contributed by atoms with van der Waals surface area (Å²) in [7, 11) is -5.91. The Balaban J connectivity index is 0.958. The second kappa shape index (κ2) is 27.3. The molecule has 0 radical (unpaired) electrons. The summed E-state index contributed by atoms with van der Waals surface area (Å²) in [5, 5.41) is 10.8. The van der Waals surface area contributed by atoms with E-state index in [2.05, 4.69) is 38.1 Å². The number of aromatic nitrogens is 1. The number of aromatic amines is 1. The molecule has 0 aliphatic carbocycles. The molecule has 4 heterocycles. The van der Waals surface area contributed by atoms with Crippen LogP contribution in [0.2, 0.25) is 0 Å². The highest BCUT2D eigenvalue weighted by Gasteiger charge is 2.51. The van der Waals surface area contributed by atoms with Gasteiger partial charge < -0.3 is 46.3 Å². The van der Waals surface area contributed by atoms with Crippen LogP contribution in [-0.2, 0) is 50.3 Å². The Morgan fingerprint density at radius 3 is 2.23 bits per heavy atom. The zero-order valence-electron chi connectivity index (χ0n) is 46.2. The van der Waals surface area contributed by atoms with E-state index in [1.165, 1.54) is 15.9 Å². The number of primary amides is 1. The molecular formula is C61H67F2N8O12P. The van der Waals surface area contributed by atoms with Crippen molar-refractivity contribution in [3.8, 4) is 11.8 Å². The number of piperidine rings is 1. The zero-order chi connectivity index (χ0) is 60.3. The monoisotopic (exact) mass is 1170 g/mol. The van der Waals surface area contributed by atoms with Crippen LogP contribution in [0.5, 0.6) is 0 Å². The van der Waals surface area contributed by atoms with Gasteiger partial charge in [-0.15, -0.1) is 0 Å². The lowest BCUT2D eigenvalue weighted by atomic mass is 9.85. The lowest BCUT2D eigenvalue weighted by Gasteiger charge is -2.30. The van der Waals surface area contributed by atoms with Gasteiger partial charge >= 0.3 is 13.3 Å². The molecule has 3 aliphatic heterocycles. The van der Waals surface area contributed by atoms with Gasteiger partial charge in [0.15, 0.2) is 5.78 Å². The Labute approximate surface area is 483 Å². The van der Waals surface area contributed by atoms with Crippen LogP contribution >= 0.6 is 7.60 Å². The van der Waals surface area contributed by atoms with Crippen molar-refractivity contribution in [2.24, 2.45) is 11.7 Å². The van der Waals surface area contributed by atoms with Gasteiger partial charge in [0.05, 0.1) is 12.0 Å². The number of nitrogens with two attached hydrogens (primary N) is 1. The van der Waals surface area contributed by atoms with Gasteiger partial charge in [0.1, 0.15) is 23.8 Å². The number of likely N-dealkylation sites (tertiary alicyclic amines) is 1. The quantitative estimate of drug-likeness (QED) is 0.0146. The van der Waals surface area contributed by atoms with Gasteiger partial charge in [0, 0.05) is 78.8 Å². The van der Waals surface area contributed by atoms with Gasteiger partial charge in [-0.05, 0) is 85.5 Å². The van der Waals surface area contributed by atoms with E-state index in [1.807, 2.05) is 73.7 Å². The van der Waals surface area contributed by atoms with Crippen LogP contribution in [0.3, 0.4) is 0 Å². The molecule has 0 bridgehead atoms. The van der Waals surface area contributed by atoms with E-state index >= 15 is 0 Å². The summed E-state index contributed by atoms with van der Waals surface area (Å²) < 4.78 is 41.0. The number of imide groups is 1. The SMILES string of the molecule is CCCC[C@H](NC(=O)c1cc2cc(C(F)(F)P(=O)(O)O)ccc2[nH]1)C(=O)N1C[C@H](C(=O)NCCCCCC#Cc2cccc3c2CN(C2CCC(=O)NC2=O)C3=O)C[C@H]1C(=O)N[C@@H](CCC(N)=O)C(=O)CC(c1ccccc1)c1ccccc1. The number of ketones is 1. The fourth-order valence-electron chi connectivity index (χ4n) is 11.0. The molecule has 1 unspecified atom stereocenters. The zero-order valence-corrected chi connectivity index (χ0v) is 47.1. The molecule has 0 spiro atoms. The van der Waals surface area contributed by atoms with Crippen LogP contribution in [0.15, 0.2) is 103 Å². The molecule has 5 aromatic rings. The standard InChI is InChI=1S/C61H67F2N8O12P/c1-2-3-23-48(68-56(76)49-32-40-31-42(24-25-46(40)66-49)61(62,63)84(81,82)83)60(80)70-35-41(33-51(70)58(78)67-47(26-28-53(64)73)52(72)34-44(37-16-10-7-11-17-37)38-18-12-8-13-19-38)55(75)65-30-14-6-4-5-9-20-39-21-15-22-43-45(39)36-71(59(43)79)50-27-29-54(74)69-57(50)77/h7-8,10-13,15-19,21-22,24-25,31-32,41,44,47-48,50-51,66H,2-6,14,23,26-30,33-36H2,1H3,(H2,64,73)(H,65,75)(H,67,78)(H,68,76)(H,69,74,77)(H2,81,82,83)/t41-,47+,48+,50?,51+/m1/s1. The van der Waals surface area contributed by atoms with E-state index in [0.29, 0.717) is 55.2 Å². The Morgan fingerprint density at radius 1 is 0.845 bits per heavy atom. The van der Waals surface area contributed by atoms with E-state index in [0.717, 1.165) is 29.3 Å². The third-order valence-electron chi connectivity index (χ3n) is 15.6. The molecule has 8 amide bonds. The van der Waals surface area contributed by atoms with Crippen LogP contribution < -0.4 is 27.0 Å². The Kier molecular flexibility index (Phi) is 20.1. The maximum atomic E-state index is 14.9. The predicted molar refractivity (Wildman–Crippen MR) is 304 cm³/mol. The highest BCUT2D eigenvalue weighted by Crippen LogP contribution is 2.59. The van der Waals surface area contributed by atoms with E-state index in [-0.39, 0.29) is 93.0 Å². The fourth-order valence-corrected chi connectivity index (χ4v) is 11.4. The highest BCUT2D eigenvalue weighted by atomic mass is 31.2. The number of benzene rings is 4. The third-order valence-corrected chi connectivity index (χ3v) is 16.6. The van der Waals surface area contributed by atoms with Gasteiger partial charge in [-0.2, -0.15) is 8.78 Å². The lowest BCUT2D eigenvalue weighted by molar-refractivity contribution is -0.141. The second-order valence-corrected chi connectivity index (χ2v) is 23.1. The summed E-state index contributed by atoms with van der Waals surface area (Å²) in [6.45, 7) is 2.03. The minimum absolute atomic E-state index is 0.0219. The van der Waals surface area contributed by atoms with Crippen molar-refractivity contribution >= 4 is 71.5 Å². The summed E-state index contributed by atoms with van der Waals surface area (Å²) in [4.78, 5) is 146. The first-order valence-electron chi connectivity index (χ1n) is 28.1. The largest absolute Gasteiger partial charge is 0.399 e. The molecule has 3 aliphatic rings. The predicted octanol–water partition coefficient (Wildman–Crippen LogP) is 5.93. The molecule has 20 nitrogen and oxygen atoms in total. The molecule has 0 saturated carbocycles. The number of hydrogen-bond acceptors (Lipinski definition) is 10. The van der Waals surface area contributed by atoms with Gasteiger partial charge in [0.2, 0.25) is 35.4 Å². The topological polar surface area (TPSA) is 308 Å². The normalized spacial score (nSPS) is 17.7. The highest BCUT2D eigenvalue weighted by molar-refractivity contribution is 7.52. The first kappa shape index (κ1) is 61.7. The minimum Gasteiger partial charge on any atom is -0.370 e. The number of fused-ring (bicyclic) bond motifs is 2. The number of Topliss-reactive ketones (excluding diaryl/α,β-unsaturated/α-hetero) is 1. The summed E-state index contributed by atoms with van der Waals surface area (Å²) in [5.41, 5.74) is 3.57. The van der Waals surface area contributed by atoms with Crippen molar-refractivity contribution < 1.29 is 66.3 Å². The number of carbonyl (C=O) groups is 9. The number of unbranched alkanes of at least 4 members (excludes halogenated alkanes) is 4. The second-order valence-electron chi connectivity index (χ2n) is 21.4. The number of nitrogens with one attached hydrogen (secondary N) is 5. The van der Waals surface area contributed by atoms with Crippen molar-refractivity contribution in [3.63, 3.8) is 0 Å². The molecule has 2 saturated heterocycles. The Morgan fingerprint density at radius 2 is 1.56 bits per heavy atom. The molecule has 23 heteroatoms. The molecule has 5 atom stereocenters. The van der Waals surface area contributed by atoms with E-state index in [1.54, 1.807) is 12.1 Å². The maximum Gasteiger partial charge on any atom is 0.399 e. The van der Waals surface area contributed by atoms with E-state index < -0.39 is 96.1 Å². The minimum atomic E-state index is -5.91. The van der Waals surface area contributed by atoms with Crippen LogP contribution in [-0.4, -0.2) is 115 Å². The van der Waals surface area contributed by atoms with Crippen molar-refractivity contribution in [1.82, 2.24) is 36.1 Å². The van der Waals surface area contributed by atoms with Gasteiger partial charge in [-0.1, -0.05) is 111 Å². The molecule has 2 fully saturated rings. The first-order valence-corrected chi connectivity index (χ1v) is 29.7. The number of rotatable bonds is 25. The molecule has 9 N–H and O–H groups in total. The number of nitrogens with zero attached hydrogens (tertiary/aromatic N) is 2. The summed E-state index contributed by atoms with van der Waals surface area (Å²) in [6, 6.07) is 23.2. The number of halogens is 2. The first-order chi connectivity index (χ1) is 40.1. The lowest BCUT2D eigenvalue weighted by Crippen LogP contribution is -2.55. The molecule has 84 heavy (non-hydrogen) atoms. The van der Waals surface area contributed by atoms with Crippen molar-refractivity contribution in [2.45, 2.75) is 133 Å². The average molecular weight is 1170 g/mol. The van der Waals surface area contributed by atoms with E-state index in [4.69, 9.17) is 5.73 Å². The Bertz CT molecular complexity index is 3400. The van der Waals surface area contributed by atoms with Gasteiger partial charge in [0.25, 0.3) is 11.8 Å². The van der Waals surface area contributed by atoms with Crippen molar-refractivity contribution in [1.29, 1.82) is 0 Å². The van der Waals surface area contributed by atoms with E-state index in [9.17, 15) is 66.3 Å². The number of amides is 8. The summed E-state index contributed by atoms with van der Waals surface area (Å²) in [5.74, 6) is -0.148. The molecule has 442 valence electrons. The van der Waals surface area contributed by atoms with Crippen LogP contribution in [0.25, 0.3) is 10.9 Å². The number of alkyl halides is 2. The van der Waals surface area contributed by atoms with Gasteiger partial charge in [-0.25, -0.2) is 0 Å². The molecule has 8 rings (SSSR count). The van der Waals surface area contributed by atoms with Crippen LogP contribution in [0.1, 0.15) is 145 Å². The Hall–Kier alpha value is -8.38. The summed E-state index contributed by atoms with van der Waals surface area (Å²) >= 11 is 0. The molecule has 4 aromatic carbocycles. The van der Waals surface area contributed by atoms with Crippen LogP contribution in [0.4, 0.5) is 8.78 Å². The van der Waals surface area contributed by atoms with Crippen molar-refractivity contribution in [3.05, 3.63) is 142 Å². The smallest absolute Gasteiger partial charge is 0.370 e. The fraction of sp³-hybridized carbons (Fsp3) is 0.393. The number of hydrogen-bond donors (Lipinski definition) is 8. The molecular weight excluding hydrogens is 1110 g/mol. The summed E-state index contributed by atoms with van der Waals surface area (Å²) in [6.07, 6.45) is 3.13. The number of H-pyrrole nitrogens is 1. The number of carbonyl (C=O) groups excluding carboxylic acids is 9. The average Bonchev–Trinajstić information content (AvgIpc) is 3.98. The molecule has 1 aromatic heterocycles. The van der Waals surface area contributed by atoms with Gasteiger partial charge in [-0.3, -0.25) is 53.0 Å².